The van der Waals surface area contributed by atoms with Crippen LogP contribution >= 0.6 is 21.6 Å². The molecule has 0 saturated carbocycles. The average molecular weight is 1460 g/mol. The minimum atomic E-state index is -5.98. The van der Waals surface area contributed by atoms with Crippen LogP contribution in [0.15, 0.2) is 24.3 Å². The number of anilines is 2. The van der Waals surface area contributed by atoms with E-state index in [0.717, 1.165) is 38.9 Å². The first-order valence-corrected chi connectivity index (χ1v) is 34.6. The average Bonchev–Trinajstić information content (AvgIpc) is 0.786. The van der Waals surface area contributed by atoms with E-state index in [1.54, 1.807) is 18.2 Å². The van der Waals surface area contributed by atoms with Crippen molar-refractivity contribution in [3.8, 4) is 0 Å². The molecule has 46 heteroatoms. The van der Waals surface area contributed by atoms with E-state index in [1.807, 2.05) is 21.6 Å². The number of carbonyl (C=O) groups excluding carboxylic acids is 3. The molecule has 1 aromatic rings. The predicted octanol–water partition coefficient (Wildman–Crippen LogP) is -7.56. The van der Waals surface area contributed by atoms with Crippen LogP contribution in [0, 0.1) is 0 Å². The monoisotopic (exact) mass is 1460 g/mol. The Labute approximate surface area is 542 Å². The lowest BCUT2D eigenvalue weighted by molar-refractivity contribution is -0.367. The van der Waals surface area contributed by atoms with Crippen molar-refractivity contribution in [3.05, 3.63) is 24.3 Å². The van der Waals surface area contributed by atoms with Gasteiger partial charge in [0, 0.05) is 49.2 Å². The van der Waals surface area contributed by atoms with Gasteiger partial charge in [0.2, 0.25) is 17.7 Å². The van der Waals surface area contributed by atoms with Crippen LogP contribution in [0.4, 0.5) is 11.4 Å². The highest BCUT2D eigenvalue weighted by atomic mass is 33.1. The molecule has 5 saturated heterocycles. The molecule has 5 fully saturated rings. The van der Waals surface area contributed by atoms with Gasteiger partial charge >= 0.3 is 43.1 Å². The van der Waals surface area contributed by atoms with Crippen LogP contribution < -0.4 is 21.3 Å². The van der Waals surface area contributed by atoms with Gasteiger partial charge < -0.3 is 120 Å². The van der Waals surface area contributed by atoms with Crippen LogP contribution in [0.5, 0.6) is 0 Å². The highest BCUT2D eigenvalue weighted by molar-refractivity contribution is 8.77. The third-order valence-electron chi connectivity index (χ3n) is 14.7. The summed E-state index contributed by atoms with van der Waals surface area (Å²) >= 11 is 0. The number of amides is 3. The lowest BCUT2D eigenvalue weighted by Crippen LogP contribution is -2.71. The zero-order chi connectivity index (χ0) is 69.9. The summed E-state index contributed by atoms with van der Waals surface area (Å²) < 4.78 is 159. The molecule has 1 aromatic carbocycles. The minimum absolute atomic E-state index is 0.242. The number of hydrogen-bond acceptors (Lipinski definition) is 35. The van der Waals surface area contributed by atoms with Crippen LogP contribution in [0.2, 0.25) is 0 Å². The van der Waals surface area contributed by atoms with E-state index in [4.69, 9.17) is 37.9 Å². The van der Waals surface area contributed by atoms with E-state index in [2.05, 4.69) is 33.8 Å². The Morgan fingerprint density at radius 1 is 0.606 bits per heavy atom. The second-order valence-corrected chi connectivity index (χ2v) is 27.8. The Morgan fingerprint density at radius 2 is 1.14 bits per heavy atom. The third-order valence-corrected chi connectivity index (χ3v) is 19.0. The number of carbonyl (C=O) groups is 5. The van der Waals surface area contributed by atoms with Gasteiger partial charge in [-0.1, -0.05) is 34.1 Å². The van der Waals surface area contributed by atoms with Crippen LogP contribution in [-0.2, 0) is 106 Å². The Morgan fingerprint density at radius 3 is 1.68 bits per heavy atom. The van der Waals surface area contributed by atoms with E-state index < -0.39 is 228 Å². The van der Waals surface area contributed by atoms with E-state index in [9.17, 15) is 124 Å². The number of rotatable bonds is 33. The fourth-order valence-electron chi connectivity index (χ4n) is 10.2. The zero-order valence-corrected chi connectivity index (χ0v) is 53.1. The Kier molecular flexibility index (Phi) is 29.1. The first-order valence-electron chi connectivity index (χ1n) is 28.1. The molecule has 0 spiro atoms. The Bertz CT molecular complexity index is 3050. The fraction of sp³-hybridized carbons (Fsp3) is 0.771. The highest BCUT2D eigenvalue weighted by Gasteiger charge is 2.59. The maximum absolute atomic E-state index is 13.2. The molecule has 0 aliphatic carbocycles. The Balaban J connectivity index is 1.23. The minimum Gasteiger partial charge on any atom is -0.479 e. The molecule has 25 atom stereocenters. The normalized spacial score (nSPS) is 34.7. The predicted molar refractivity (Wildman–Crippen MR) is 308 cm³/mol. The molecule has 0 bridgehead atoms. The summed E-state index contributed by atoms with van der Waals surface area (Å²) in [5.41, 5.74) is 0.715. The number of unbranched alkanes of at least 4 members (excludes halogenated alkanes) is 1. The van der Waals surface area contributed by atoms with Crippen LogP contribution in [0.3, 0.4) is 0 Å². The molecule has 5 heterocycles. The van der Waals surface area contributed by atoms with Gasteiger partial charge in [0.1, 0.15) is 97.5 Å². The lowest BCUT2D eigenvalue weighted by atomic mass is 9.94. The Hall–Kier alpha value is -4.04. The van der Waals surface area contributed by atoms with Gasteiger partial charge in [0.05, 0.1) is 25.9 Å². The number of aliphatic carboxylic acids is 2. The van der Waals surface area contributed by atoms with Crippen molar-refractivity contribution in [2.75, 3.05) is 42.8 Å². The van der Waals surface area contributed by atoms with Crippen LogP contribution in [-0.4, -0.2) is 314 Å². The smallest absolute Gasteiger partial charge is 0.397 e. The summed E-state index contributed by atoms with van der Waals surface area (Å²) in [6, 6.07) is 1.85. The van der Waals surface area contributed by atoms with Crippen LogP contribution in [0.1, 0.15) is 46.0 Å². The van der Waals surface area contributed by atoms with E-state index >= 15 is 0 Å². The zero-order valence-electron chi connectivity index (χ0n) is 49.0. The topological polar surface area (TPSA) is 641 Å². The van der Waals surface area contributed by atoms with Gasteiger partial charge in [-0.15, -0.1) is 0 Å². The standard InChI is InChI=1S/C48H74N4O37S5/c1-17(53)50-27-37(31(60)24(15-80-92(70,71)72)82-45(27)79-14-23(56)30(59)29(58)22(55)13-49-19-6-5-7-20(12-19)52-26(57)9-4-3-8-21-10-11-90-91-21)85-48-41(89-94(76,77)78)36(65)39(42(88-48)44(68)69)86-46-28(51-18(2)54)38(32(61)25(83-46)16-81-93(73,74)75)84-47-35(64)33(62)34(63)40(87-47)43(66)67/h5-7,12,21-25,27-42,45-49,55-56,58-65H,3-4,8-11,13-16H2,1-2H3,(H,50,53)(H,51,54)(H,52,57)(H,66,67)(H,68,69)(H,70,71,72)(H,73,74,75)(H,76,77,78)/t21?,22-,23+,24+,25+,27+,28+,29+,30+,31-,32-,33-,34-,35+,36-,37+,38+,39-,40-,41+,42-,45+,46-,47+,48+/m0/s1. The second-order valence-electron chi connectivity index (χ2n) is 21.8. The van der Waals surface area contributed by atoms with Crippen molar-refractivity contribution >= 4 is 93.8 Å². The summed E-state index contributed by atoms with van der Waals surface area (Å²) in [6.45, 7) is -3.04. The van der Waals surface area contributed by atoms with Gasteiger partial charge in [0.15, 0.2) is 43.5 Å². The molecule has 5 aliphatic heterocycles. The summed E-state index contributed by atoms with van der Waals surface area (Å²) in [5, 5.41) is 141. The molecule has 94 heavy (non-hydrogen) atoms. The van der Waals surface area contributed by atoms with E-state index in [1.165, 1.54) is 6.07 Å². The molecule has 41 nitrogen and oxygen atoms in total. The molecule has 3 amide bonds. The number of hydrogen-bond donors (Lipinski definition) is 19. The number of ether oxygens (including phenoxy) is 8. The maximum Gasteiger partial charge on any atom is 0.397 e. The summed E-state index contributed by atoms with van der Waals surface area (Å²) in [5.74, 6) is -5.60. The molecule has 1 unspecified atom stereocenters. The SMILES string of the molecule is CC(=O)N[C@H]1[C@H](O[C@H]2[C@H](O)[C@@H](OS(=O)(=O)O)[C@H](O[C@H]3[C@@H](O)[C@@H](COS(=O)(=O)O)O[C@@H](OC[C@@H](O)[C@@H](O)[C@H](O)[C@@H](O)CNc4cccc(NC(=O)CCCCC5CCSS5)c4)[C@@H]3NC(C)=O)O[C@@H]2C(=O)O)O[C@H](COS(=O)(=O)O)[C@H](O)[C@@H]1O[C@@H]1O[C@H](C(=O)O)[C@@H](O)[C@H](O)[C@H]1O. The van der Waals surface area contributed by atoms with Crippen LogP contribution in [0.25, 0.3) is 0 Å². The molecular formula is C48H74N4O37S5. The van der Waals surface area contributed by atoms with Gasteiger partial charge in [-0.05, 0) is 37.5 Å². The second kappa shape index (κ2) is 34.6. The van der Waals surface area contributed by atoms with Crippen molar-refractivity contribution in [1.82, 2.24) is 10.6 Å². The first-order chi connectivity index (χ1) is 43.8. The quantitative estimate of drug-likeness (QED) is 0.0177. The highest BCUT2D eigenvalue weighted by Crippen LogP contribution is 2.40. The van der Waals surface area contributed by atoms with Gasteiger partial charge in [-0.2, -0.15) is 25.3 Å². The summed E-state index contributed by atoms with van der Waals surface area (Å²) in [6.07, 6.45) is -50.2. The molecule has 5 aliphatic rings. The van der Waals surface area contributed by atoms with Crippen molar-refractivity contribution in [2.45, 2.75) is 198 Å². The number of aliphatic hydroxyl groups is 10. The van der Waals surface area contributed by atoms with E-state index in [-0.39, 0.29) is 12.3 Å². The largest absolute Gasteiger partial charge is 0.479 e. The molecule has 0 radical (unpaired) electrons. The van der Waals surface area contributed by atoms with Crippen molar-refractivity contribution in [1.29, 1.82) is 0 Å². The molecule has 6 rings (SSSR count). The first kappa shape index (κ1) is 79.0. The van der Waals surface area contributed by atoms with Gasteiger partial charge in [0.25, 0.3) is 0 Å². The van der Waals surface area contributed by atoms with Crippen molar-refractivity contribution in [3.63, 3.8) is 0 Å². The molecular weight excluding hydrogens is 1380 g/mol. The number of aliphatic hydroxyl groups excluding tert-OH is 10. The molecule has 0 aromatic heterocycles. The molecule has 538 valence electrons. The number of nitrogens with one attached hydrogen (secondary N) is 4. The number of carboxylic acids is 2. The van der Waals surface area contributed by atoms with Gasteiger partial charge in [-0.25, -0.2) is 22.1 Å². The summed E-state index contributed by atoms with van der Waals surface area (Å²) in [7, 11) is -13.2. The fourth-order valence-corrected chi connectivity index (χ4v) is 14.3. The molecule has 19 N–H and O–H groups in total. The third kappa shape index (κ3) is 22.8. The maximum atomic E-state index is 13.2. The van der Waals surface area contributed by atoms with Gasteiger partial charge in [-0.3, -0.25) is 28.0 Å². The lowest BCUT2D eigenvalue weighted by Gasteiger charge is -2.50. The number of benzene rings is 1. The summed E-state index contributed by atoms with van der Waals surface area (Å²) in [4.78, 5) is 63.4. The van der Waals surface area contributed by atoms with Crippen molar-refractivity contribution in [2.24, 2.45) is 0 Å². The van der Waals surface area contributed by atoms with E-state index in [0.29, 0.717) is 23.0 Å². The van der Waals surface area contributed by atoms with Crippen molar-refractivity contribution < 1.29 is 175 Å². The number of carboxylic acid groups (broad SMARTS) is 2.